The molecule has 0 fully saturated rings. The van der Waals surface area contributed by atoms with Crippen LogP contribution in [0.3, 0.4) is 0 Å². The van der Waals surface area contributed by atoms with Gasteiger partial charge in [-0.3, -0.25) is 0 Å². The predicted octanol–water partition coefficient (Wildman–Crippen LogP) is 6.73. The molecule has 0 aliphatic heterocycles. The number of unbranched alkanes of at least 4 members (excludes halogenated alkanes) is 6. The van der Waals surface area contributed by atoms with E-state index in [9.17, 15) is 0 Å². The van der Waals surface area contributed by atoms with Crippen LogP contribution in [0.15, 0.2) is 48.5 Å². The van der Waals surface area contributed by atoms with E-state index in [1.165, 1.54) is 62.5 Å². The van der Waals surface area contributed by atoms with Crippen molar-refractivity contribution in [2.75, 3.05) is 39.6 Å². The fourth-order valence-corrected chi connectivity index (χ4v) is 3.67. The summed E-state index contributed by atoms with van der Waals surface area (Å²) >= 11 is 0. The van der Waals surface area contributed by atoms with E-state index in [0.717, 1.165) is 24.3 Å². The Bertz CT molecular complexity index is 673. The van der Waals surface area contributed by atoms with Gasteiger partial charge in [0.05, 0.1) is 39.6 Å². The topological polar surface area (TPSA) is 68.2 Å². The molecule has 0 radical (unpaired) electrons. The summed E-state index contributed by atoms with van der Waals surface area (Å²) in [6.07, 6.45) is 12.5. The molecule has 5 nitrogen and oxygen atoms in total. The number of rotatable bonds is 19. The van der Waals surface area contributed by atoms with Crippen LogP contribution >= 0.6 is 0 Å². The Labute approximate surface area is 213 Å². The standard InChI is InChI=1S/C24H34O.C6H14O4/c1-3-5-7-9-15-21-17-11-13-19-23(21)25-24-20-14-12-18-22(24)16-10-8-6-4-2;7-1-3-9-5-6-10-4-2-8/h11-14,17-20H,3-10,15-16H2,1-2H3;7-8H,1-6H2. The first-order valence-corrected chi connectivity index (χ1v) is 13.5. The summed E-state index contributed by atoms with van der Waals surface area (Å²) in [5, 5.41) is 16.5. The summed E-state index contributed by atoms with van der Waals surface area (Å²) in [6, 6.07) is 17.1. The Morgan fingerprint density at radius 1 is 0.543 bits per heavy atom. The van der Waals surface area contributed by atoms with Crippen LogP contribution < -0.4 is 4.74 Å². The molecule has 0 aromatic heterocycles. The molecular weight excluding hydrogens is 440 g/mol. The minimum atomic E-state index is 0.0417. The molecule has 35 heavy (non-hydrogen) atoms. The molecule has 2 aromatic rings. The highest BCUT2D eigenvalue weighted by Gasteiger charge is 2.08. The molecule has 198 valence electrons. The van der Waals surface area contributed by atoms with Crippen LogP contribution in [0.4, 0.5) is 0 Å². The van der Waals surface area contributed by atoms with Gasteiger partial charge in [-0.1, -0.05) is 88.8 Å². The lowest BCUT2D eigenvalue weighted by atomic mass is 10.0. The maximum atomic E-state index is 8.26. The number of benzene rings is 2. The van der Waals surface area contributed by atoms with E-state index < -0.39 is 0 Å². The molecule has 2 rings (SSSR count). The number of aryl methyl sites for hydroxylation is 2. The summed E-state index contributed by atoms with van der Waals surface area (Å²) in [5.41, 5.74) is 2.67. The lowest BCUT2D eigenvalue weighted by Gasteiger charge is -2.14. The molecule has 0 aliphatic rings. The minimum Gasteiger partial charge on any atom is -0.457 e. The van der Waals surface area contributed by atoms with E-state index in [2.05, 4.69) is 62.4 Å². The first kappa shape index (κ1) is 31.1. The molecule has 0 aliphatic carbocycles. The Hall–Kier alpha value is -1.92. The second-order valence-electron chi connectivity index (χ2n) is 8.61. The summed E-state index contributed by atoms with van der Waals surface area (Å²) in [7, 11) is 0. The second-order valence-corrected chi connectivity index (χ2v) is 8.61. The monoisotopic (exact) mass is 488 g/mol. The van der Waals surface area contributed by atoms with E-state index in [1.54, 1.807) is 0 Å². The maximum absolute atomic E-state index is 8.26. The molecule has 2 aromatic carbocycles. The SMILES string of the molecule is CCCCCCc1ccccc1Oc1ccccc1CCCCCC.OCCOCCOCCO. The van der Waals surface area contributed by atoms with Crippen molar-refractivity contribution in [1.82, 2.24) is 0 Å². The maximum Gasteiger partial charge on any atom is 0.130 e. The molecule has 0 spiro atoms. The quantitative estimate of drug-likeness (QED) is 0.215. The van der Waals surface area contributed by atoms with Crippen LogP contribution in [0.5, 0.6) is 11.5 Å². The van der Waals surface area contributed by atoms with Gasteiger partial charge in [0.25, 0.3) is 0 Å². The zero-order chi connectivity index (χ0) is 25.4. The zero-order valence-corrected chi connectivity index (χ0v) is 22.1. The number of hydrogen-bond donors (Lipinski definition) is 2. The highest BCUT2D eigenvalue weighted by Crippen LogP contribution is 2.30. The van der Waals surface area contributed by atoms with Crippen molar-refractivity contribution in [3.8, 4) is 11.5 Å². The molecule has 0 saturated heterocycles. The van der Waals surface area contributed by atoms with Crippen molar-refractivity contribution in [1.29, 1.82) is 0 Å². The number of hydrogen-bond acceptors (Lipinski definition) is 5. The average molecular weight is 489 g/mol. The third-order valence-electron chi connectivity index (χ3n) is 5.61. The van der Waals surface area contributed by atoms with Gasteiger partial charge in [0.15, 0.2) is 0 Å². The minimum absolute atomic E-state index is 0.0417. The van der Waals surface area contributed by atoms with Crippen molar-refractivity contribution >= 4 is 0 Å². The van der Waals surface area contributed by atoms with Crippen molar-refractivity contribution < 1.29 is 24.4 Å². The third-order valence-corrected chi connectivity index (χ3v) is 5.61. The van der Waals surface area contributed by atoms with Gasteiger partial charge in [0.1, 0.15) is 11.5 Å². The molecule has 0 atom stereocenters. The van der Waals surface area contributed by atoms with Crippen LogP contribution in [0.25, 0.3) is 0 Å². The molecule has 0 bridgehead atoms. The summed E-state index contributed by atoms with van der Waals surface area (Å²) in [5.74, 6) is 2.06. The van der Waals surface area contributed by atoms with Gasteiger partial charge in [-0.15, -0.1) is 0 Å². The van der Waals surface area contributed by atoms with E-state index in [0.29, 0.717) is 26.4 Å². The van der Waals surface area contributed by atoms with Gasteiger partial charge in [-0.2, -0.15) is 0 Å². The lowest BCUT2D eigenvalue weighted by molar-refractivity contribution is 0.0222. The average Bonchev–Trinajstić information content (AvgIpc) is 2.89. The zero-order valence-electron chi connectivity index (χ0n) is 22.1. The van der Waals surface area contributed by atoms with Gasteiger partial charge in [-0.05, 0) is 48.9 Å². The molecule has 0 saturated carbocycles. The smallest absolute Gasteiger partial charge is 0.130 e. The number of aliphatic hydroxyl groups excluding tert-OH is 2. The van der Waals surface area contributed by atoms with Crippen LogP contribution in [-0.2, 0) is 22.3 Å². The first-order valence-electron chi connectivity index (χ1n) is 13.5. The molecule has 0 unspecified atom stereocenters. The van der Waals surface area contributed by atoms with Crippen molar-refractivity contribution in [3.63, 3.8) is 0 Å². The summed E-state index contributed by atoms with van der Waals surface area (Å²) in [4.78, 5) is 0. The summed E-state index contributed by atoms with van der Waals surface area (Å²) in [6.45, 7) is 6.25. The van der Waals surface area contributed by atoms with Gasteiger partial charge in [0, 0.05) is 0 Å². The molecular formula is C30H48O5. The highest BCUT2D eigenvalue weighted by molar-refractivity contribution is 5.41. The van der Waals surface area contributed by atoms with Crippen molar-refractivity contribution in [2.45, 2.75) is 78.1 Å². The van der Waals surface area contributed by atoms with Crippen LogP contribution in [0.2, 0.25) is 0 Å². The van der Waals surface area contributed by atoms with Crippen LogP contribution in [0, 0.1) is 0 Å². The van der Waals surface area contributed by atoms with E-state index in [4.69, 9.17) is 24.4 Å². The fraction of sp³-hybridized carbons (Fsp3) is 0.600. The summed E-state index contributed by atoms with van der Waals surface area (Å²) < 4.78 is 16.1. The van der Waals surface area contributed by atoms with Gasteiger partial charge >= 0.3 is 0 Å². The molecule has 0 heterocycles. The van der Waals surface area contributed by atoms with E-state index >= 15 is 0 Å². The van der Waals surface area contributed by atoms with Crippen molar-refractivity contribution in [3.05, 3.63) is 59.7 Å². The molecule has 2 N–H and O–H groups in total. The molecule has 5 heteroatoms. The largest absolute Gasteiger partial charge is 0.457 e. The Morgan fingerprint density at radius 2 is 0.971 bits per heavy atom. The number of aliphatic hydroxyl groups is 2. The first-order chi connectivity index (χ1) is 17.3. The lowest BCUT2D eigenvalue weighted by Crippen LogP contribution is -2.09. The second kappa shape index (κ2) is 22.5. The van der Waals surface area contributed by atoms with Gasteiger partial charge < -0.3 is 24.4 Å². The van der Waals surface area contributed by atoms with Gasteiger partial charge in [0.2, 0.25) is 0 Å². The third kappa shape index (κ3) is 15.6. The fourth-order valence-electron chi connectivity index (χ4n) is 3.67. The number of ether oxygens (including phenoxy) is 3. The molecule has 0 amide bonds. The highest BCUT2D eigenvalue weighted by atomic mass is 16.5. The van der Waals surface area contributed by atoms with Crippen LogP contribution in [-0.4, -0.2) is 49.9 Å². The van der Waals surface area contributed by atoms with E-state index in [-0.39, 0.29) is 13.2 Å². The predicted molar refractivity (Wildman–Crippen MR) is 144 cm³/mol. The Balaban J connectivity index is 0.000000518. The Kier molecular flexibility index (Phi) is 20.0. The van der Waals surface area contributed by atoms with E-state index in [1.807, 2.05) is 0 Å². The normalized spacial score (nSPS) is 10.6. The van der Waals surface area contributed by atoms with Crippen LogP contribution in [0.1, 0.15) is 76.3 Å². The van der Waals surface area contributed by atoms with Gasteiger partial charge in [-0.25, -0.2) is 0 Å². The number of para-hydroxylation sites is 2. The van der Waals surface area contributed by atoms with Crippen molar-refractivity contribution in [2.24, 2.45) is 0 Å². The Morgan fingerprint density at radius 3 is 1.37 bits per heavy atom.